The summed E-state index contributed by atoms with van der Waals surface area (Å²) in [7, 11) is 0. The number of rotatable bonds is 11. The Balaban J connectivity index is 4.51. The monoisotopic (exact) mass is 286 g/mol. The van der Waals surface area contributed by atoms with Crippen LogP contribution in [0, 0.1) is 0 Å². The molecule has 0 aromatic heterocycles. The maximum Gasteiger partial charge on any atom is -0.0273 e. The molecule has 0 aromatic carbocycles. The quantitative estimate of drug-likeness (QED) is 0.212. The lowest BCUT2D eigenvalue weighted by Crippen LogP contribution is -1.86. The van der Waals surface area contributed by atoms with E-state index in [0.29, 0.717) is 0 Å². The number of hydrogen-bond acceptors (Lipinski definition) is 0. The summed E-state index contributed by atoms with van der Waals surface area (Å²) in [5.74, 6) is 0. The van der Waals surface area contributed by atoms with Crippen LogP contribution in [-0.4, -0.2) is 0 Å². The van der Waals surface area contributed by atoms with Gasteiger partial charge in [0, 0.05) is 0 Å². The van der Waals surface area contributed by atoms with E-state index in [0.717, 1.165) is 6.42 Å². The zero-order chi connectivity index (χ0) is 15.9. The van der Waals surface area contributed by atoms with Crippen molar-refractivity contribution >= 4 is 0 Å². The first-order chi connectivity index (χ1) is 10.2. The summed E-state index contributed by atoms with van der Waals surface area (Å²) in [6, 6.07) is 0. The van der Waals surface area contributed by atoms with Gasteiger partial charge in [-0.3, -0.25) is 0 Å². The van der Waals surface area contributed by atoms with Gasteiger partial charge >= 0.3 is 0 Å². The largest absolute Gasteiger partial charge is 0.0991 e. The Morgan fingerprint density at radius 2 is 1.76 bits per heavy atom. The van der Waals surface area contributed by atoms with Gasteiger partial charge in [-0.2, -0.15) is 0 Å². The zero-order valence-electron chi connectivity index (χ0n) is 14.6. The normalized spacial score (nSPS) is 14.0. The topological polar surface area (TPSA) is 0 Å². The molecule has 0 heterocycles. The molecule has 0 unspecified atom stereocenters. The molecule has 0 aliphatic heterocycles. The molecule has 0 bridgehead atoms. The van der Waals surface area contributed by atoms with Gasteiger partial charge in [0.15, 0.2) is 0 Å². The summed E-state index contributed by atoms with van der Waals surface area (Å²) in [5, 5.41) is 0. The minimum atomic E-state index is 1.14. The minimum Gasteiger partial charge on any atom is -0.0991 e. The van der Waals surface area contributed by atoms with Crippen LogP contribution in [-0.2, 0) is 0 Å². The second-order valence-electron chi connectivity index (χ2n) is 5.52. The van der Waals surface area contributed by atoms with Crippen molar-refractivity contribution in [1.82, 2.24) is 0 Å². The van der Waals surface area contributed by atoms with E-state index in [4.69, 9.17) is 0 Å². The van der Waals surface area contributed by atoms with Crippen LogP contribution in [0.1, 0.15) is 72.6 Å². The van der Waals surface area contributed by atoms with Crippen molar-refractivity contribution in [3.05, 3.63) is 59.8 Å². The van der Waals surface area contributed by atoms with Crippen LogP contribution in [0.25, 0.3) is 0 Å². The van der Waals surface area contributed by atoms with Gasteiger partial charge in [0.1, 0.15) is 0 Å². The van der Waals surface area contributed by atoms with E-state index in [2.05, 4.69) is 58.6 Å². The van der Waals surface area contributed by atoms with E-state index in [1.807, 2.05) is 12.2 Å². The van der Waals surface area contributed by atoms with Crippen LogP contribution >= 0.6 is 0 Å². The Labute approximate surface area is 133 Å². The standard InChI is InChI=1S/C21H34/c1-6-10-12-16-20(14-8-3)17-13-15-19(5)21(9-4)18-11-7-2/h7,9,11,15-16,18H,2,6,8,10,12-14,17H2,1,3-5H3. The minimum absolute atomic E-state index is 1.14. The van der Waals surface area contributed by atoms with Gasteiger partial charge in [-0.15, -0.1) is 0 Å². The highest BCUT2D eigenvalue weighted by Crippen LogP contribution is 2.18. The van der Waals surface area contributed by atoms with Crippen LogP contribution in [0.4, 0.5) is 0 Å². The van der Waals surface area contributed by atoms with Gasteiger partial charge < -0.3 is 0 Å². The molecule has 0 N–H and O–H groups in total. The summed E-state index contributed by atoms with van der Waals surface area (Å²) in [4.78, 5) is 0. The first-order valence-corrected chi connectivity index (χ1v) is 8.49. The Morgan fingerprint density at radius 1 is 1.00 bits per heavy atom. The third-order valence-corrected chi connectivity index (χ3v) is 3.66. The van der Waals surface area contributed by atoms with Crippen LogP contribution in [0.15, 0.2) is 59.8 Å². The molecule has 0 spiro atoms. The number of allylic oxidation sites excluding steroid dienone is 9. The lowest BCUT2D eigenvalue weighted by molar-refractivity contribution is 0.777. The highest BCUT2D eigenvalue weighted by molar-refractivity contribution is 5.38. The van der Waals surface area contributed by atoms with Crippen LogP contribution in [0.2, 0.25) is 0 Å². The molecule has 0 rings (SSSR count). The summed E-state index contributed by atoms with van der Waals surface area (Å²) in [6.07, 6.45) is 21.7. The molecule has 0 saturated heterocycles. The van der Waals surface area contributed by atoms with Crippen molar-refractivity contribution in [3.63, 3.8) is 0 Å². The van der Waals surface area contributed by atoms with Crippen molar-refractivity contribution in [2.24, 2.45) is 0 Å². The molecule has 0 amide bonds. The maximum atomic E-state index is 3.73. The SMILES string of the molecule is C=CC=CC(=CC)C(C)=CCCC(=CCCCC)CCC. The fourth-order valence-corrected chi connectivity index (χ4v) is 2.38. The molecule has 0 saturated carbocycles. The Bertz CT molecular complexity index is 388. The van der Waals surface area contributed by atoms with Crippen molar-refractivity contribution in [2.45, 2.75) is 72.6 Å². The third kappa shape index (κ3) is 10.1. The Morgan fingerprint density at radius 3 is 2.33 bits per heavy atom. The molecule has 0 fully saturated rings. The fourth-order valence-electron chi connectivity index (χ4n) is 2.38. The lowest BCUT2D eigenvalue weighted by Gasteiger charge is -2.06. The summed E-state index contributed by atoms with van der Waals surface area (Å²) >= 11 is 0. The van der Waals surface area contributed by atoms with E-state index in [1.165, 1.54) is 49.7 Å². The highest BCUT2D eigenvalue weighted by Gasteiger charge is 1.98. The van der Waals surface area contributed by atoms with Crippen molar-refractivity contribution < 1.29 is 0 Å². The molecule has 0 aromatic rings. The molecule has 0 aliphatic rings. The van der Waals surface area contributed by atoms with E-state index in [9.17, 15) is 0 Å². The van der Waals surface area contributed by atoms with E-state index in [1.54, 1.807) is 5.57 Å². The molecule has 118 valence electrons. The van der Waals surface area contributed by atoms with Gasteiger partial charge in [-0.1, -0.05) is 81.7 Å². The number of hydrogen-bond donors (Lipinski definition) is 0. The van der Waals surface area contributed by atoms with Crippen molar-refractivity contribution in [1.29, 1.82) is 0 Å². The van der Waals surface area contributed by atoms with E-state index < -0.39 is 0 Å². The van der Waals surface area contributed by atoms with E-state index in [-0.39, 0.29) is 0 Å². The number of unbranched alkanes of at least 4 members (excludes halogenated alkanes) is 2. The van der Waals surface area contributed by atoms with Gasteiger partial charge in [0.2, 0.25) is 0 Å². The first-order valence-electron chi connectivity index (χ1n) is 8.49. The molecule has 21 heavy (non-hydrogen) atoms. The summed E-state index contributed by atoms with van der Waals surface area (Å²) < 4.78 is 0. The van der Waals surface area contributed by atoms with Crippen molar-refractivity contribution in [3.8, 4) is 0 Å². The highest BCUT2D eigenvalue weighted by atomic mass is 14.0. The summed E-state index contributed by atoms with van der Waals surface area (Å²) in [5.41, 5.74) is 4.29. The molecule has 0 radical (unpaired) electrons. The van der Waals surface area contributed by atoms with Crippen LogP contribution < -0.4 is 0 Å². The average Bonchev–Trinajstić information content (AvgIpc) is 2.48. The van der Waals surface area contributed by atoms with Gasteiger partial charge in [-0.25, -0.2) is 0 Å². The molecule has 0 atom stereocenters. The molecule has 0 nitrogen and oxygen atoms in total. The smallest absolute Gasteiger partial charge is 0.0273 e. The average molecular weight is 287 g/mol. The van der Waals surface area contributed by atoms with Crippen LogP contribution in [0.5, 0.6) is 0 Å². The predicted molar refractivity (Wildman–Crippen MR) is 98.6 cm³/mol. The zero-order valence-corrected chi connectivity index (χ0v) is 14.6. The molecular formula is C21H34. The Kier molecular flexibility index (Phi) is 12.8. The molecule has 0 heteroatoms. The van der Waals surface area contributed by atoms with Gasteiger partial charge in [0.05, 0.1) is 0 Å². The fraction of sp³-hybridized carbons (Fsp3) is 0.524. The Hall–Kier alpha value is -1.30. The third-order valence-electron chi connectivity index (χ3n) is 3.66. The molecule has 0 aliphatic carbocycles. The first kappa shape index (κ1) is 19.7. The van der Waals surface area contributed by atoms with Crippen molar-refractivity contribution in [2.75, 3.05) is 0 Å². The second-order valence-corrected chi connectivity index (χ2v) is 5.52. The molecular weight excluding hydrogens is 252 g/mol. The second kappa shape index (κ2) is 13.7. The predicted octanol–water partition coefficient (Wildman–Crippen LogP) is 7.32. The summed E-state index contributed by atoms with van der Waals surface area (Å²) in [6.45, 7) is 12.5. The van der Waals surface area contributed by atoms with Gasteiger partial charge in [-0.05, 0) is 50.7 Å². The van der Waals surface area contributed by atoms with Crippen LogP contribution in [0.3, 0.4) is 0 Å². The lowest BCUT2D eigenvalue weighted by atomic mass is 10.00. The van der Waals surface area contributed by atoms with E-state index >= 15 is 0 Å². The van der Waals surface area contributed by atoms with Gasteiger partial charge in [0.25, 0.3) is 0 Å². The maximum absolute atomic E-state index is 3.73.